The molecule has 5 amide bonds. The van der Waals surface area contributed by atoms with Crippen LogP contribution in [-0.2, 0) is 14.4 Å². The van der Waals surface area contributed by atoms with Crippen LogP contribution in [0.25, 0.3) is 0 Å². The highest BCUT2D eigenvalue weighted by Crippen LogP contribution is 2.22. The Balaban J connectivity index is 1.57. The van der Waals surface area contributed by atoms with Crippen molar-refractivity contribution in [3.8, 4) is 0 Å². The maximum atomic E-state index is 12.5. The van der Waals surface area contributed by atoms with Gasteiger partial charge in [-0.3, -0.25) is 19.3 Å². The molecule has 1 aliphatic carbocycles. The van der Waals surface area contributed by atoms with Gasteiger partial charge in [-0.25, -0.2) is 9.69 Å². The van der Waals surface area contributed by atoms with Crippen molar-refractivity contribution in [2.75, 3.05) is 13.1 Å². The predicted molar refractivity (Wildman–Crippen MR) is 108 cm³/mol. The first-order valence-electron chi connectivity index (χ1n) is 9.77. The molecule has 0 radical (unpaired) electrons. The normalized spacial score (nSPS) is 18.1. The van der Waals surface area contributed by atoms with Crippen LogP contribution in [0.3, 0.4) is 0 Å². The summed E-state index contributed by atoms with van der Waals surface area (Å²) in [5.74, 6) is -2.36. The topological polar surface area (TPSA) is 86.8 Å². The largest absolute Gasteiger partial charge is 0.348 e. The third kappa shape index (κ3) is 5.03. The van der Waals surface area contributed by atoms with E-state index in [4.69, 9.17) is 11.6 Å². The van der Waals surface area contributed by atoms with E-state index in [1.807, 2.05) is 6.07 Å². The quantitative estimate of drug-likeness (QED) is 0.419. The van der Waals surface area contributed by atoms with Gasteiger partial charge in [-0.2, -0.15) is 0 Å². The molecular weight excluding hydrogens is 394 g/mol. The van der Waals surface area contributed by atoms with Crippen LogP contribution >= 0.6 is 11.6 Å². The van der Waals surface area contributed by atoms with Gasteiger partial charge < -0.3 is 5.32 Å². The Hall–Kier alpha value is -2.67. The van der Waals surface area contributed by atoms with Gasteiger partial charge in [0.2, 0.25) is 5.91 Å². The summed E-state index contributed by atoms with van der Waals surface area (Å²) in [4.78, 5) is 50.9. The van der Waals surface area contributed by atoms with Gasteiger partial charge in [0.25, 0.3) is 0 Å². The molecule has 1 N–H and O–H groups in total. The molecule has 7 nitrogen and oxygen atoms in total. The molecule has 1 aliphatic heterocycles. The molecule has 8 heteroatoms. The van der Waals surface area contributed by atoms with E-state index in [1.165, 1.54) is 5.57 Å². The molecule has 2 aliphatic rings. The zero-order chi connectivity index (χ0) is 21.0. The van der Waals surface area contributed by atoms with Crippen molar-refractivity contribution in [3.63, 3.8) is 0 Å². The van der Waals surface area contributed by atoms with E-state index in [0.29, 0.717) is 16.3 Å². The monoisotopic (exact) mass is 417 g/mol. The predicted octanol–water partition coefficient (Wildman–Crippen LogP) is 3.20. The van der Waals surface area contributed by atoms with Crippen molar-refractivity contribution in [1.29, 1.82) is 0 Å². The number of allylic oxidation sites excluding steroid dienone is 1. The minimum atomic E-state index is -0.960. The lowest BCUT2D eigenvalue weighted by Gasteiger charge is -2.19. The average molecular weight is 418 g/mol. The van der Waals surface area contributed by atoms with Crippen LogP contribution in [0.15, 0.2) is 35.9 Å². The highest BCUT2D eigenvalue weighted by molar-refractivity contribution is 6.45. The number of hydrogen-bond acceptors (Lipinski definition) is 4. The number of imide groups is 2. The molecule has 1 atom stereocenters. The highest BCUT2D eigenvalue weighted by atomic mass is 35.5. The number of benzene rings is 1. The summed E-state index contributed by atoms with van der Waals surface area (Å²) >= 11 is 5.96. The van der Waals surface area contributed by atoms with Crippen molar-refractivity contribution < 1.29 is 19.2 Å². The van der Waals surface area contributed by atoms with Crippen molar-refractivity contribution in [2.45, 2.75) is 45.1 Å². The number of nitrogens with zero attached hydrogens (tertiary/aromatic N) is 2. The SMILES string of the molecule is CC(NC(=O)CN1C(=O)C(=O)N(CCC2=CCCCC2)C1=O)c1cccc(Cl)c1. The second kappa shape index (κ2) is 9.22. The summed E-state index contributed by atoms with van der Waals surface area (Å²) in [6.07, 6.45) is 6.92. The Morgan fingerprint density at radius 2 is 1.93 bits per heavy atom. The number of nitrogens with one attached hydrogen (secondary N) is 1. The fourth-order valence-corrected chi connectivity index (χ4v) is 3.76. The fraction of sp³-hybridized carbons (Fsp3) is 0.429. The van der Waals surface area contributed by atoms with E-state index in [0.717, 1.165) is 36.1 Å². The lowest BCUT2D eigenvalue weighted by molar-refractivity contribution is -0.144. The summed E-state index contributed by atoms with van der Waals surface area (Å²) in [5.41, 5.74) is 2.00. The smallest absolute Gasteiger partial charge is 0.334 e. The second-order valence-corrected chi connectivity index (χ2v) is 7.77. The summed E-state index contributed by atoms with van der Waals surface area (Å²) in [6.45, 7) is 1.44. The number of amides is 5. The minimum Gasteiger partial charge on any atom is -0.348 e. The molecule has 1 fully saturated rings. The molecule has 1 unspecified atom stereocenters. The lowest BCUT2D eigenvalue weighted by Crippen LogP contribution is -2.42. The van der Waals surface area contributed by atoms with Crippen molar-refractivity contribution in [3.05, 3.63) is 46.5 Å². The molecule has 1 aromatic rings. The van der Waals surface area contributed by atoms with E-state index in [-0.39, 0.29) is 12.6 Å². The van der Waals surface area contributed by atoms with Gasteiger partial charge in [0.15, 0.2) is 0 Å². The molecule has 0 bridgehead atoms. The summed E-state index contributed by atoms with van der Waals surface area (Å²) < 4.78 is 0. The summed E-state index contributed by atoms with van der Waals surface area (Å²) in [7, 11) is 0. The molecule has 1 heterocycles. The van der Waals surface area contributed by atoms with Crippen LogP contribution in [0, 0.1) is 0 Å². The fourth-order valence-electron chi connectivity index (χ4n) is 3.56. The number of carbonyl (C=O) groups excluding carboxylic acids is 4. The maximum Gasteiger partial charge on any atom is 0.334 e. The number of urea groups is 1. The zero-order valence-corrected chi connectivity index (χ0v) is 17.1. The standard InChI is InChI=1S/C21H24ClN3O4/c1-14(16-8-5-9-17(22)12-16)23-18(26)13-25-20(28)19(27)24(21(25)29)11-10-15-6-3-2-4-7-15/h5-6,8-9,12,14H,2-4,7,10-11,13H2,1H3,(H,23,26). The van der Waals surface area contributed by atoms with E-state index in [1.54, 1.807) is 25.1 Å². The number of rotatable bonds is 7. The molecule has 154 valence electrons. The van der Waals surface area contributed by atoms with Crippen LogP contribution in [0.2, 0.25) is 5.02 Å². The van der Waals surface area contributed by atoms with Gasteiger partial charge in [0.1, 0.15) is 6.54 Å². The van der Waals surface area contributed by atoms with Gasteiger partial charge >= 0.3 is 17.8 Å². The van der Waals surface area contributed by atoms with Gasteiger partial charge in [0.05, 0.1) is 6.04 Å². The van der Waals surface area contributed by atoms with Crippen LogP contribution < -0.4 is 5.32 Å². The van der Waals surface area contributed by atoms with Gasteiger partial charge in [-0.05, 0) is 56.7 Å². The van der Waals surface area contributed by atoms with Crippen LogP contribution in [0.1, 0.15) is 50.6 Å². The van der Waals surface area contributed by atoms with Crippen molar-refractivity contribution in [1.82, 2.24) is 15.1 Å². The van der Waals surface area contributed by atoms with Crippen molar-refractivity contribution in [2.24, 2.45) is 0 Å². The lowest BCUT2D eigenvalue weighted by atomic mass is 9.97. The number of halogens is 1. The van der Waals surface area contributed by atoms with Gasteiger partial charge in [0, 0.05) is 11.6 Å². The van der Waals surface area contributed by atoms with Gasteiger partial charge in [-0.15, -0.1) is 0 Å². The van der Waals surface area contributed by atoms with E-state index < -0.39 is 30.3 Å². The van der Waals surface area contributed by atoms with Crippen molar-refractivity contribution >= 4 is 35.4 Å². The van der Waals surface area contributed by atoms with Crippen LogP contribution in [-0.4, -0.2) is 46.6 Å². The molecule has 0 spiro atoms. The first-order valence-corrected chi connectivity index (χ1v) is 10.1. The molecule has 29 heavy (non-hydrogen) atoms. The molecule has 1 saturated heterocycles. The molecule has 3 rings (SSSR count). The Morgan fingerprint density at radius 1 is 1.17 bits per heavy atom. The molecule has 1 aromatic carbocycles. The number of hydrogen-bond donors (Lipinski definition) is 1. The zero-order valence-electron chi connectivity index (χ0n) is 16.3. The number of carbonyl (C=O) groups is 4. The van der Waals surface area contributed by atoms with E-state index >= 15 is 0 Å². The van der Waals surface area contributed by atoms with Crippen LogP contribution in [0.5, 0.6) is 0 Å². The Morgan fingerprint density at radius 3 is 2.62 bits per heavy atom. The summed E-state index contributed by atoms with van der Waals surface area (Å²) in [6, 6.07) is 5.94. The maximum absolute atomic E-state index is 12.5. The Bertz CT molecular complexity index is 867. The van der Waals surface area contributed by atoms with Crippen LogP contribution in [0.4, 0.5) is 4.79 Å². The third-order valence-electron chi connectivity index (χ3n) is 5.20. The highest BCUT2D eigenvalue weighted by Gasteiger charge is 2.45. The van der Waals surface area contributed by atoms with Gasteiger partial charge in [-0.1, -0.05) is 35.4 Å². The second-order valence-electron chi connectivity index (χ2n) is 7.33. The Kier molecular flexibility index (Phi) is 6.69. The summed E-state index contributed by atoms with van der Waals surface area (Å²) in [5, 5.41) is 3.27. The molecular formula is C21H24ClN3O4. The third-order valence-corrected chi connectivity index (χ3v) is 5.44. The molecule has 0 saturated carbocycles. The first-order chi connectivity index (χ1) is 13.9. The first kappa shape index (κ1) is 21.0. The Labute approximate surface area is 174 Å². The van der Waals surface area contributed by atoms with E-state index in [2.05, 4.69) is 11.4 Å². The average Bonchev–Trinajstić information content (AvgIpc) is 2.90. The molecule has 0 aromatic heterocycles. The van der Waals surface area contributed by atoms with E-state index in [9.17, 15) is 19.2 Å². The minimum absolute atomic E-state index is 0.159.